The average molecular weight is 450 g/mol. The van der Waals surface area contributed by atoms with Crippen molar-refractivity contribution >= 4 is 23.5 Å². The first-order valence-corrected chi connectivity index (χ1v) is 11.8. The van der Waals surface area contributed by atoms with Gasteiger partial charge >= 0.3 is 0 Å². The van der Waals surface area contributed by atoms with Gasteiger partial charge in [0.05, 0.1) is 12.2 Å². The molecule has 2 heterocycles. The highest BCUT2D eigenvalue weighted by molar-refractivity contribution is 7.98. The topological polar surface area (TPSA) is 73.2 Å². The van der Waals surface area contributed by atoms with Crippen molar-refractivity contribution in [1.29, 1.82) is 0 Å². The van der Waals surface area contributed by atoms with Crippen LogP contribution >= 0.6 is 11.8 Å². The SMILES string of the molecule is CCCOc1ccccc1C1CC(=O)Nc2c1c(=O)nc(SCc1ccccc1C)n2C. The quantitative estimate of drug-likeness (QED) is 0.420. The van der Waals surface area contributed by atoms with Crippen LogP contribution in [0.15, 0.2) is 58.5 Å². The van der Waals surface area contributed by atoms with Crippen molar-refractivity contribution in [2.45, 2.75) is 43.5 Å². The highest BCUT2D eigenvalue weighted by Crippen LogP contribution is 2.39. The van der Waals surface area contributed by atoms with Gasteiger partial charge in [0.25, 0.3) is 5.56 Å². The highest BCUT2D eigenvalue weighted by atomic mass is 32.2. The number of aromatic nitrogens is 2. The van der Waals surface area contributed by atoms with E-state index in [9.17, 15) is 9.59 Å². The summed E-state index contributed by atoms with van der Waals surface area (Å²) in [4.78, 5) is 30.2. The van der Waals surface area contributed by atoms with Crippen molar-refractivity contribution in [3.8, 4) is 5.75 Å². The Bertz CT molecular complexity index is 1210. The van der Waals surface area contributed by atoms with Gasteiger partial charge in [0, 0.05) is 30.7 Å². The van der Waals surface area contributed by atoms with Crippen LogP contribution < -0.4 is 15.6 Å². The Kier molecular flexibility index (Phi) is 6.65. The van der Waals surface area contributed by atoms with E-state index < -0.39 is 5.92 Å². The molecule has 3 aromatic rings. The number of thioether (sulfide) groups is 1. The summed E-state index contributed by atoms with van der Waals surface area (Å²) in [7, 11) is 1.84. The predicted octanol–water partition coefficient (Wildman–Crippen LogP) is 4.64. The molecule has 1 aliphatic rings. The molecule has 2 aromatic carbocycles. The number of fused-ring (bicyclic) bond motifs is 1. The Morgan fingerprint density at radius 1 is 1.16 bits per heavy atom. The third-order valence-corrected chi connectivity index (χ3v) is 6.75. The zero-order valence-corrected chi connectivity index (χ0v) is 19.4. The normalized spacial score (nSPS) is 15.2. The first kappa shape index (κ1) is 22.1. The Balaban J connectivity index is 1.72. The van der Waals surface area contributed by atoms with Gasteiger partial charge < -0.3 is 14.6 Å². The number of benzene rings is 2. The number of hydrogen-bond acceptors (Lipinski definition) is 5. The molecule has 166 valence electrons. The number of rotatable bonds is 7. The fraction of sp³-hybridized carbons (Fsp3) is 0.320. The Morgan fingerprint density at radius 2 is 1.91 bits per heavy atom. The lowest BCUT2D eigenvalue weighted by Crippen LogP contribution is -2.33. The minimum atomic E-state index is -0.395. The molecule has 1 unspecified atom stereocenters. The van der Waals surface area contributed by atoms with E-state index in [1.165, 1.54) is 22.9 Å². The van der Waals surface area contributed by atoms with Crippen molar-refractivity contribution in [2.75, 3.05) is 11.9 Å². The standard InChI is InChI=1S/C25H27N3O3S/c1-4-13-31-20-12-8-7-11-18(20)19-14-21(29)26-23-22(19)24(30)27-25(28(23)3)32-15-17-10-6-5-9-16(17)2/h5-12,19H,4,13-15H2,1-3H3,(H,26,29). The van der Waals surface area contributed by atoms with E-state index in [4.69, 9.17) is 4.74 Å². The van der Waals surface area contributed by atoms with Gasteiger partial charge in [0.15, 0.2) is 5.16 Å². The van der Waals surface area contributed by atoms with Gasteiger partial charge in [-0.1, -0.05) is 61.2 Å². The van der Waals surface area contributed by atoms with Crippen molar-refractivity contribution in [2.24, 2.45) is 7.05 Å². The molecule has 0 saturated heterocycles. The van der Waals surface area contributed by atoms with Gasteiger partial charge in [-0.3, -0.25) is 9.59 Å². The summed E-state index contributed by atoms with van der Waals surface area (Å²) < 4.78 is 7.74. The predicted molar refractivity (Wildman–Crippen MR) is 128 cm³/mol. The largest absolute Gasteiger partial charge is 0.493 e. The molecule has 0 saturated carbocycles. The average Bonchev–Trinajstić information content (AvgIpc) is 2.79. The number of anilines is 1. The maximum absolute atomic E-state index is 13.2. The number of para-hydroxylation sites is 1. The second kappa shape index (κ2) is 9.61. The summed E-state index contributed by atoms with van der Waals surface area (Å²) in [6.07, 6.45) is 1.06. The molecule has 1 N–H and O–H groups in total. The van der Waals surface area contributed by atoms with Gasteiger partial charge in [-0.25, -0.2) is 0 Å². The van der Waals surface area contributed by atoms with E-state index in [-0.39, 0.29) is 17.9 Å². The maximum Gasteiger partial charge on any atom is 0.279 e. The molecule has 0 aliphatic carbocycles. The summed E-state index contributed by atoms with van der Waals surface area (Å²) >= 11 is 1.49. The molecule has 6 nitrogen and oxygen atoms in total. The second-order valence-corrected chi connectivity index (χ2v) is 8.87. The van der Waals surface area contributed by atoms with E-state index in [1.54, 1.807) is 0 Å². The minimum absolute atomic E-state index is 0.121. The van der Waals surface area contributed by atoms with Crippen LogP contribution in [-0.2, 0) is 17.6 Å². The van der Waals surface area contributed by atoms with Crippen LogP contribution in [0.2, 0.25) is 0 Å². The Labute approximate surface area is 192 Å². The number of aryl methyl sites for hydroxylation is 1. The molecule has 0 radical (unpaired) electrons. The monoisotopic (exact) mass is 449 g/mol. The van der Waals surface area contributed by atoms with Crippen LogP contribution in [0.5, 0.6) is 5.75 Å². The molecule has 7 heteroatoms. The minimum Gasteiger partial charge on any atom is -0.493 e. The molecule has 1 atom stereocenters. The lowest BCUT2D eigenvalue weighted by Gasteiger charge is -2.28. The molecule has 1 aliphatic heterocycles. The lowest BCUT2D eigenvalue weighted by molar-refractivity contribution is -0.116. The summed E-state index contributed by atoms with van der Waals surface area (Å²) in [5.41, 5.74) is 3.44. The van der Waals surface area contributed by atoms with Crippen molar-refractivity contribution in [1.82, 2.24) is 9.55 Å². The van der Waals surface area contributed by atoms with E-state index in [1.807, 2.05) is 54.9 Å². The smallest absolute Gasteiger partial charge is 0.279 e. The molecule has 0 spiro atoms. The van der Waals surface area contributed by atoms with Crippen LogP contribution in [0, 0.1) is 6.92 Å². The third kappa shape index (κ3) is 4.43. The van der Waals surface area contributed by atoms with Gasteiger partial charge in [-0.15, -0.1) is 0 Å². The van der Waals surface area contributed by atoms with Crippen LogP contribution in [-0.4, -0.2) is 22.1 Å². The van der Waals surface area contributed by atoms with Crippen molar-refractivity contribution in [3.63, 3.8) is 0 Å². The van der Waals surface area contributed by atoms with Gasteiger partial charge in [-0.2, -0.15) is 4.98 Å². The number of amides is 1. The summed E-state index contributed by atoms with van der Waals surface area (Å²) in [5.74, 6) is 1.40. The van der Waals surface area contributed by atoms with Crippen LogP contribution in [0.3, 0.4) is 0 Å². The van der Waals surface area contributed by atoms with E-state index in [0.29, 0.717) is 34.6 Å². The Morgan fingerprint density at radius 3 is 2.69 bits per heavy atom. The number of carbonyl (C=O) groups excluding carboxylic acids is 1. The fourth-order valence-corrected chi connectivity index (χ4v) is 5.00. The summed E-state index contributed by atoms with van der Waals surface area (Å²) in [6.45, 7) is 4.69. The van der Waals surface area contributed by atoms with E-state index in [2.05, 4.69) is 29.4 Å². The van der Waals surface area contributed by atoms with Crippen LogP contribution in [0.25, 0.3) is 0 Å². The summed E-state index contributed by atoms with van der Waals surface area (Å²) in [6, 6.07) is 15.8. The third-order valence-electron chi connectivity index (χ3n) is 5.68. The number of nitrogens with one attached hydrogen (secondary N) is 1. The molecule has 0 bridgehead atoms. The maximum atomic E-state index is 13.2. The number of hydrogen-bond donors (Lipinski definition) is 1. The Hall–Kier alpha value is -3.06. The first-order valence-electron chi connectivity index (χ1n) is 10.8. The number of nitrogens with zero attached hydrogens (tertiary/aromatic N) is 2. The van der Waals surface area contributed by atoms with Gasteiger partial charge in [0.2, 0.25) is 5.91 Å². The molecular formula is C25H27N3O3S. The highest BCUT2D eigenvalue weighted by Gasteiger charge is 2.33. The van der Waals surface area contributed by atoms with E-state index >= 15 is 0 Å². The number of carbonyl (C=O) groups is 1. The zero-order valence-electron chi connectivity index (χ0n) is 18.6. The second-order valence-electron chi connectivity index (χ2n) is 7.93. The van der Waals surface area contributed by atoms with E-state index in [0.717, 1.165) is 12.0 Å². The molecule has 1 amide bonds. The molecule has 4 rings (SSSR count). The fourth-order valence-electron chi connectivity index (χ4n) is 3.96. The molecule has 32 heavy (non-hydrogen) atoms. The molecular weight excluding hydrogens is 422 g/mol. The van der Waals surface area contributed by atoms with Crippen LogP contribution in [0.1, 0.15) is 47.9 Å². The van der Waals surface area contributed by atoms with Crippen molar-refractivity contribution in [3.05, 3.63) is 81.1 Å². The molecule has 1 aromatic heterocycles. The molecule has 0 fully saturated rings. The van der Waals surface area contributed by atoms with Gasteiger partial charge in [0.1, 0.15) is 11.6 Å². The summed E-state index contributed by atoms with van der Waals surface area (Å²) in [5, 5.41) is 3.49. The first-order chi connectivity index (χ1) is 15.5. The van der Waals surface area contributed by atoms with Crippen molar-refractivity contribution < 1.29 is 9.53 Å². The zero-order chi connectivity index (χ0) is 22.7. The number of ether oxygens (including phenoxy) is 1. The van der Waals surface area contributed by atoms with Crippen LogP contribution in [0.4, 0.5) is 5.82 Å². The lowest BCUT2D eigenvalue weighted by atomic mass is 9.86. The van der Waals surface area contributed by atoms with Gasteiger partial charge in [-0.05, 0) is 30.5 Å².